The number of hydrogen-bond acceptors (Lipinski definition) is 4. The fraction of sp³-hybridized carbons (Fsp3) is 0.500. The fourth-order valence-corrected chi connectivity index (χ4v) is 3.08. The molecule has 1 aliphatic heterocycles. The van der Waals surface area contributed by atoms with Crippen molar-refractivity contribution in [2.75, 3.05) is 25.4 Å². The van der Waals surface area contributed by atoms with Crippen LogP contribution in [0.4, 0.5) is 0 Å². The monoisotopic (exact) mass is 270 g/mol. The van der Waals surface area contributed by atoms with E-state index in [1.165, 1.54) is 0 Å². The number of sulfonamides is 1. The number of fused-ring (bicyclic) bond motifs is 1. The molecule has 1 heterocycles. The first-order valence-corrected chi connectivity index (χ1v) is 7.70. The van der Waals surface area contributed by atoms with E-state index in [-0.39, 0.29) is 11.8 Å². The second-order valence-corrected chi connectivity index (χ2v) is 6.07. The predicted octanol–water partition coefficient (Wildman–Crippen LogP) is 0.649. The van der Waals surface area contributed by atoms with Crippen LogP contribution in [0.2, 0.25) is 0 Å². The van der Waals surface area contributed by atoms with Gasteiger partial charge in [-0.3, -0.25) is 0 Å². The van der Waals surface area contributed by atoms with Crippen LogP contribution >= 0.6 is 0 Å². The third-order valence-corrected chi connectivity index (χ3v) is 4.20. The molecule has 1 unspecified atom stereocenters. The molecular formula is C12H18N2O3S. The molecular weight excluding hydrogens is 252 g/mol. The molecule has 2 rings (SSSR count). The van der Waals surface area contributed by atoms with Gasteiger partial charge in [0.25, 0.3) is 0 Å². The van der Waals surface area contributed by atoms with E-state index >= 15 is 0 Å². The smallest absolute Gasteiger partial charge is 0.213 e. The Kier molecular flexibility index (Phi) is 4.21. The van der Waals surface area contributed by atoms with Crippen molar-refractivity contribution in [3.05, 3.63) is 29.8 Å². The second-order valence-electron chi connectivity index (χ2n) is 4.19. The van der Waals surface area contributed by atoms with Crippen LogP contribution in [0.3, 0.4) is 0 Å². The molecule has 0 fully saturated rings. The van der Waals surface area contributed by atoms with E-state index in [1.807, 2.05) is 31.2 Å². The highest BCUT2D eigenvalue weighted by molar-refractivity contribution is 7.89. The van der Waals surface area contributed by atoms with Crippen molar-refractivity contribution in [2.24, 2.45) is 0 Å². The Labute approximate surface area is 108 Å². The van der Waals surface area contributed by atoms with Gasteiger partial charge in [-0.15, -0.1) is 0 Å². The maximum atomic E-state index is 11.9. The Bertz CT molecular complexity index is 502. The van der Waals surface area contributed by atoms with E-state index < -0.39 is 10.0 Å². The molecule has 18 heavy (non-hydrogen) atoms. The summed E-state index contributed by atoms with van der Waals surface area (Å²) in [6.45, 7) is 3.53. The molecule has 0 bridgehead atoms. The minimum Gasteiger partial charge on any atom is -0.491 e. The average molecular weight is 270 g/mol. The van der Waals surface area contributed by atoms with Gasteiger partial charge in [-0.25, -0.2) is 13.1 Å². The highest BCUT2D eigenvalue weighted by atomic mass is 32.2. The van der Waals surface area contributed by atoms with Crippen molar-refractivity contribution >= 4 is 10.0 Å². The molecule has 0 aliphatic carbocycles. The number of hydrogen-bond donors (Lipinski definition) is 2. The van der Waals surface area contributed by atoms with E-state index in [0.717, 1.165) is 17.9 Å². The summed E-state index contributed by atoms with van der Waals surface area (Å²) in [7, 11) is -3.27. The summed E-state index contributed by atoms with van der Waals surface area (Å²) in [6, 6.07) is 7.23. The first-order chi connectivity index (χ1) is 8.62. The van der Waals surface area contributed by atoms with E-state index in [4.69, 9.17) is 4.74 Å². The third kappa shape index (κ3) is 3.22. The lowest BCUT2D eigenvalue weighted by Crippen LogP contribution is -2.35. The summed E-state index contributed by atoms with van der Waals surface area (Å²) >= 11 is 0. The largest absolute Gasteiger partial charge is 0.491 e. The number of benzene rings is 1. The molecule has 0 amide bonds. The van der Waals surface area contributed by atoms with Crippen molar-refractivity contribution in [1.29, 1.82) is 0 Å². The summed E-state index contributed by atoms with van der Waals surface area (Å²) in [4.78, 5) is 0. The van der Waals surface area contributed by atoms with Crippen molar-refractivity contribution in [2.45, 2.75) is 13.0 Å². The Hall–Kier alpha value is -1.11. The number of ether oxygens (including phenoxy) is 1. The van der Waals surface area contributed by atoms with E-state index in [1.54, 1.807) is 0 Å². The summed E-state index contributed by atoms with van der Waals surface area (Å²) in [5.74, 6) is 0.844. The van der Waals surface area contributed by atoms with Crippen LogP contribution in [-0.4, -0.2) is 33.9 Å². The second kappa shape index (κ2) is 5.69. The van der Waals surface area contributed by atoms with Crippen LogP contribution in [0.5, 0.6) is 5.75 Å². The summed E-state index contributed by atoms with van der Waals surface area (Å²) < 4.78 is 31.8. The molecule has 5 nitrogen and oxygen atoms in total. The van der Waals surface area contributed by atoms with Crippen molar-refractivity contribution in [3.8, 4) is 5.75 Å². The van der Waals surface area contributed by atoms with Crippen molar-refractivity contribution in [1.82, 2.24) is 10.0 Å². The summed E-state index contributed by atoms with van der Waals surface area (Å²) in [5.41, 5.74) is 0.907. The van der Waals surface area contributed by atoms with Gasteiger partial charge in [0, 0.05) is 12.1 Å². The molecule has 100 valence electrons. The molecule has 1 aromatic rings. The first-order valence-electron chi connectivity index (χ1n) is 6.05. The van der Waals surface area contributed by atoms with Crippen LogP contribution in [0.1, 0.15) is 18.5 Å². The molecule has 0 aromatic heterocycles. The minimum atomic E-state index is -3.27. The lowest BCUT2D eigenvalue weighted by Gasteiger charge is -2.12. The van der Waals surface area contributed by atoms with E-state index in [2.05, 4.69) is 10.0 Å². The van der Waals surface area contributed by atoms with E-state index in [0.29, 0.717) is 13.2 Å². The Balaban J connectivity index is 1.99. The molecule has 1 atom stereocenters. The third-order valence-electron chi connectivity index (χ3n) is 2.82. The highest BCUT2D eigenvalue weighted by Crippen LogP contribution is 2.31. The first kappa shape index (κ1) is 13.3. The quantitative estimate of drug-likeness (QED) is 0.745. The van der Waals surface area contributed by atoms with E-state index in [9.17, 15) is 8.42 Å². The Morgan fingerprint density at radius 1 is 1.39 bits per heavy atom. The zero-order valence-corrected chi connectivity index (χ0v) is 11.2. The maximum absolute atomic E-state index is 11.9. The van der Waals surface area contributed by atoms with Gasteiger partial charge in [0.1, 0.15) is 12.4 Å². The zero-order valence-electron chi connectivity index (χ0n) is 10.3. The lowest BCUT2D eigenvalue weighted by atomic mass is 10.1. The SMILES string of the molecule is CCNCCS(=O)(=O)NC1COc2ccccc21. The highest BCUT2D eigenvalue weighted by Gasteiger charge is 2.27. The summed E-state index contributed by atoms with van der Waals surface area (Å²) in [6.07, 6.45) is 0. The van der Waals surface area contributed by atoms with Crippen LogP contribution in [0.25, 0.3) is 0 Å². The van der Waals surface area contributed by atoms with Crippen LogP contribution < -0.4 is 14.8 Å². The van der Waals surface area contributed by atoms with Crippen LogP contribution in [-0.2, 0) is 10.0 Å². The average Bonchev–Trinajstić information content (AvgIpc) is 2.72. The van der Waals surface area contributed by atoms with Crippen molar-refractivity contribution in [3.63, 3.8) is 0 Å². The molecule has 1 aromatic carbocycles. The molecule has 6 heteroatoms. The lowest BCUT2D eigenvalue weighted by molar-refractivity contribution is 0.325. The van der Waals surface area contributed by atoms with Gasteiger partial charge in [-0.2, -0.15) is 0 Å². The number of nitrogens with one attached hydrogen (secondary N) is 2. The van der Waals surface area contributed by atoms with Crippen LogP contribution in [0, 0.1) is 0 Å². The maximum Gasteiger partial charge on any atom is 0.213 e. The fourth-order valence-electron chi connectivity index (χ4n) is 1.92. The van der Waals surface area contributed by atoms with Gasteiger partial charge in [0.2, 0.25) is 10.0 Å². The van der Waals surface area contributed by atoms with Gasteiger partial charge in [0.05, 0.1) is 11.8 Å². The van der Waals surface area contributed by atoms with Gasteiger partial charge in [-0.05, 0) is 12.6 Å². The van der Waals surface area contributed by atoms with Gasteiger partial charge >= 0.3 is 0 Å². The van der Waals surface area contributed by atoms with Gasteiger partial charge in [-0.1, -0.05) is 25.1 Å². The van der Waals surface area contributed by atoms with Gasteiger partial charge < -0.3 is 10.1 Å². The number of para-hydroxylation sites is 1. The van der Waals surface area contributed by atoms with Crippen molar-refractivity contribution < 1.29 is 13.2 Å². The minimum absolute atomic E-state index is 0.0828. The molecule has 2 N–H and O–H groups in total. The normalized spacial score (nSPS) is 18.4. The predicted molar refractivity (Wildman–Crippen MR) is 70.1 cm³/mol. The Morgan fingerprint density at radius 2 is 2.17 bits per heavy atom. The van der Waals surface area contributed by atoms with Crippen LogP contribution in [0.15, 0.2) is 24.3 Å². The molecule has 0 spiro atoms. The topological polar surface area (TPSA) is 67.4 Å². The molecule has 0 radical (unpaired) electrons. The zero-order chi connectivity index (χ0) is 13.0. The molecule has 0 saturated heterocycles. The Morgan fingerprint density at radius 3 is 2.94 bits per heavy atom. The molecule has 1 aliphatic rings. The number of rotatable bonds is 6. The standard InChI is InChI=1S/C12H18N2O3S/c1-2-13-7-8-18(15,16)14-11-9-17-12-6-4-3-5-10(11)12/h3-6,11,13-14H,2,7-9H2,1H3. The van der Waals surface area contributed by atoms with Gasteiger partial charge in [0.15, 0.2) is 0 Å². The summed E-state index contributed by atoms with van der Waals surface area (Å²) in [5, 5.41) is 3.00. The molecule has 0 saturated carbocycles.